The molecule has 0 saturated heterocycles. The van der Waals surface area contributed by atoms with Crippen LogP contribution in [0.15, 0.2) is 24.3 Å². The third-order valence-electron chi connectivity index (χ3n) is 2.93. The Morgan fingerprint density at radius 3 is 2.43 bits per heavy atom. The van der Waals surface area contributed by atoms with E-state index >= 15 is 0 Å². The van der Waals surface area contributed by atoms with Crippen LogP contribution in [-0.2, 0) is 10.2 Å². The van der Waals surface area contributed by atoms with Gasteiger partial charge in [-0.2, -0.15) is 0 Å². The maximum absolute atomic E-state index is 10.5. The van der Waals surface area contributed by atoms with E-state index in [2.05, 4.69) is 0 Å². The van der Waals surface area contributed by atoms with E-state index in [9.17, 15) is 4.79 Å². The summed E-state index contributed by atoms with van der Waals surface area (Å²) in [5.41, 5.74) is 2.28. The lowest BCUT2D eigenvalue weighted by Crippen LogP contribution is -2.13. The van der Waals surface area contributed by atoms with Crippen LogP contribution in [0.3, 0.4) is 0 Å². The van der Waals surface area contributed by atoms with Crippen molar-refractivity contribution in [2.75, 3.05) is 13.7 Å². The number of carbonyl (C=O) groups excluding carboxylic acids is 1. The number of benzene rings is 1. The van der Waals surface area contributed by atoms with Gasteiger partial charge >= 0.3 is 0 Å². The molecule has 0 aromatic heterocycles. The molecule has 2 heteroatoms. The van der Waals surface area contributed by atoms with Gasteiger partial charge in [-0.15, -0.1) is 0 Å². The summed E-state index contributed by atoms with van der Waals surface area (Å²) in [7, 11) is 1.74. The van der Waals surface area contributed by atoms with Crippen LogP contribution >= 0.6 is 0 Å². The zero-order valence-electron chi connectivity index (χ0n) is 8.32. The Kier molecular flexibility index (Phi) is 2.38. The first kappa shape index (κ1) is 9.41. The molecule has 0 unspecified atom stereocenters. The Morgan fingerprint density at radius 2 is 2.00 bits per heavy atom. The lowest BCUT2D eigenvalue weighted by atomic mass is 9.96. The van der Waals surface area contributed by atoms with E-state index in [0.29, 0.717) is 0 Å². The van der Waals surface area contributed by atoms with Crippen molar-refractivity contribution in [2.45, 2.75) is 18.3 Å². The largest absolute Gasteiger partial charge is 0.384 e. The van der Waals surface area contributed by atoms with Crippen molar-refractivity contribution in [2.24, 2.45) is 0 Å². The molecule has 1 aliphatic carbocycles. The lowest BCUT2D eigenvalue weighted by Gasteiger charge is -2.14. The fourth-order valence-corrected chi connectivity index (χ4v) is 1.86. The smallest absolute Gasteiger partial charge is 0.150 e. The molecule has 0 heterocycles. The molecule has 2 rings (SSSR count). The normalized spacial score (nSPS) is 17.8. The van der Waals surface area contributed by atoms with E-state index < -0.39 is 0 Å². The monoisotopic (exact) mass is 190 g/mol. The summed E-state index contributed by atoms with van der Waals surface area (Å²) < 4.78 is 5.21. The lowest BCUT2D eigenvalue weighted by molar-refractivity contribution is 0.112. The van der Waals surface area contributed by atoms with Gasteiger partial charge in [0.05, 0.1) is 6.61 Å². The number of hydrogen-bond acceptors (Lipinski definition) is 2. The summed E-state index contributed by atoms with van der Waals surface area (Å²) >= 11 is 0. The van der Waals surface area contributed by atoms with Gasteiger partial charge in [0.15, 0.2) is 0 Å². The summed E-state index contributed by atoms with van der Waals surface area (Å²) in [4.78, 5) is 10.5. The summed E-state index contributed by atoms with van der Waals surface area (Å²) in [6.45, 7) is 0.785. The van der Waals surface area contributed by atoms with Crippen LogP contribution in [0.4, 0.5) is 0 Å². The van der Waals surface area contributed by atoms with E-state index in [4.69, 9.17) is 4.74 Å². The van der Waals surface area contributed by atoms with Gasteiger partial charge in [-0.05, 0) is 18.4 Å². The van der Waals surface area contributed by atoms with Crippen molar-refractivity contribution >= 4 is 6.29 Å². The predicted octanol–water partition coefficient (Wildman–Crippen LogP) is 2.18. The Bertz CT molecular complexity index is 323. The SMILES string of the molecule is COCC1(c2ccc(C=O)cc2)CC1. The molecule has 0 N–H and O–H groups in total. The maximum Gasteiger partial charge on any atom is 0.150 e. The number of rotatable bonds is 4. The maximum atomic E-state index is 10.5. The molecule has 0 atom stereocenters. The molecule has 1 aromatic rings. The first-order valence-corrected chi connectivity index (χ1v) is 4.85. The summed E-state index contributed by atoms with van der Waals surface area (Å²) in [6.07, 6.45) is 3.27. The molecule has 2 nitrogen and oxygen atoms in total. The third kappa shape index (κ3) is 1.58. The molecule has 1 aromatic carbocycles. The fourth-order valence-electron chi connectivity index (χ4n) is 1.86. The Morgan fingerprint density at radius 1 is 1.36 bits per heavy atom. The zero-order chi connectivity index (χ0) is 10.0. The van der Waals surface area contributed by atoms with E-state index in [-0.39, 0.29) is 5.41 Å². The van der Waals surface area contributed by atoms with Crippen LogP contribution in [0.5, 0.6) is 0 Å². The zero-order valence-corrected chi connectivity index (χ0v) is 8.32. The fraction of sp³-hybridized carbons (Fsp3) is 0.417. The van der Waals surface area contributed by atoms with Crippen LogP contribution in [0.25, 0.3) is 0 Å². The first-order chi connectivity index (χ1) is 6.80. The highest BCUT2D eigenvalue weighted by molar-refractivity contribution is 5.74. The van der Waals surface area contributed by atoms with Gasteiger partial charge in [0.1, 0.15) is 6.29 Å². The minimum atomic E-state index is 0.246. The summed E-state index contributed by atoms with van der Waals surface area (Å²) in [6, 6.07) is 7.82. The molecule has 0 bridgehead atoms. The molecule has 1 saturated carbocycles. The van der Waals surface area contributed by atoms with Gasteiger partial charge in [-0.25, -0.2) is 0 Å². The van der Waals surface area contributed by atoms with Crippen molar-refractivity contribution < 1.29 is 9.53 Å². The minimum Gasteiger partial charge on any atom is -0.384 e. The van der Waals surface area contributed by atoms with Crippen molar-refractivity contribution in [3.8, 4) is 0 Å². The molecule has 0 amide bonds. The van der Waals surface area contributed by atoms with Crippen LogP contribution in [0.2, 0.25) is 0 Å². The van der Waals surface area contributed by atoms with Crippen LogP contribution in [0.1, 0.15) is 28.8 Å². The second-order valence-corrected chi connectivity index (χ2v) is 3.95. The number of carbonyl (C=O) groups is 1. The molecule has 14 heavy (non-hydrogen) atoms. The number of aldehydes is 1. The van der Waals surface area contributed by atoms with Crippen molar-refractivity contribution in [1.29, 1.82) is 0 Å². The van der Waals surface area contributed by atoms with Crippen LogP contribution in [-0.4, -0.2) is 20.0 Å². The highest BCUT2D eigenvalue weighted by atomic mass is 16.5. The van der Waals surface area contributed by atoms with Crippen molar-refractivity contribution in [1.82, 2.24) is 0 Å². The minimum absolute atomic E-state index is 0.246. The topological polar surface area (TPSA) is 26.3 Å². The first-order valence-electron chi connectivity index (χ1n) is 4.85. The second kappa shape index (κ2) is 3.54. The van der Waals surface area contributed by atoms with E-state index in [0.717, 1.165) is 18.5 Å². The average Bonchev–Trinajstić information content (AvgIpc) is 3.00. The predicted molar refractivity (Wildman–Crippen MR) is 54.6 cm³/mol. The molecule has 1 aliphatic rings. The van der Waals surface area contributed by atoms with Gasteiger partial charge < -0.3 is 4.74 Å². The molecular formula is C12H14O2. The van der Waals surface area contributed by atoms with Crippen molar-refractivity contribution in [3.63, 3.8) is 0 Å². The Balaban J connectivity index is 2.20. The summed E-state index contributed by atoms with van der Waals surface area (Å²) in [5, 5.41) is 0. The third-order valence-corrected chi connectivity index (χ3v) is 2.93. The van der Waals surface area contributed by atoms with Crippen LogP contribution < -0.4 is 0 Å². The summed E-state index contributed by atoms with van der Waals surface area (Å²) in [5.74, 6) is 0. The van der Waals surface area contributed by atoms with Crippen molar-refractivity contribution in [3.05, 3.63) is 35.4 Å². The highest BCUT2D eigenvalue weighted by Gasteiger charge is 2.44. The van der Waals surface area contributed by atoms with Gasteiger partial charge in [-0.3, -0.25) is 4.79 Å². The van der Waals surface area contributed by atoms with E-state index in [1.54, 1.807) is 7.11 Å². The van der Waals surface area contributed by atoms with Gasteiger partial charge in [0.2, 0.25) is 0 Å². The molecule has 74 valence electrons. The van der Waals surface area contributed by atoms with Gasteiger partial charge in [-0.1, -0.05) is 24.3 Å². The second-order valence-electron chi connectivity index (χ2n) is 3.95. The standard InChI is InChI=1S/C12H14O2/c1-14-9-12(6-7-12)11-4-2-10(8-13)3-5-11/h2-5,8H,6-7,9H2,1H3. The van der Waals surface area contributed by atoms with Crippen LogP contribution in [0, 0.1) is 0 Å². The highest BCUT2D eigenvalue weighted by Crippen LogP contribution is 2.48. The average molecular weight is 190 g/mol. The quantitative estimate of drug-likeness (QED) is 0.680. The number of hydrogen-bond donors (Lipinski definition) is 0. The number of methoxy groups -OCH3 is 1. The van der Waals surface area contributed by atoms with Gasteiger partial charge in [0, 0.05) is 18.1 Å². The molecular weight excluding hydrogens is 176 g/mol. The van der Waals surface area contributed by atoms with E-state index in [1.807, 2.05) is 24.3 Å². The van der Waals surface area contributed by atoms with E-state index in [1.165, 1.54) is 18.4 Å². The number of ether oxygens (including phenoxy) is 1. The molecule has 1 fully saturated rings. The molecule has 0 aliphatic heterocycles. The van der Waals surface area contributed by atoms with Gasteiger partial charge in [0.25, 0.3) is 0 Å². The Labute approximate surface area is 83.9 Å². The Hall–Kier alpha value is -1.15. The molecule has 0 radical (unpaired) electrons. The molecule has 0 spiro atoms.